The predicted octanol–water partition coefficient (Wildman–Crippen LogP) is 3.02. The zero-order valence-electron chi connectivity index (χ0n) is 10.4. The van der Waals surface area contributed by atoms with Gasteiger partial charge in [-0.1, -0.05) is 19.1 Å². The van der Waals surface area contributed by atoms with Gasteiger partial charge in [-0.05, 0) is 31.6 Å². The highest BCUT2D eigenvalue weighted by Crippen LogP contribution is 2.21. The van der Waals surface area contributed by atoms with Crippen LogP contribution in [0.15, 0.2) is 34.9 Å². The molecule has 96 valence electrons. The van der Waals surface area contributed by atoms with Crippen molar-refractivity contribution < 1.29 is 8.81 Å². The second-order valence-corrected chi connectivity index (χ2v) is 4.09. The summed E-state index contributed by atoms with van der Waals surface area (Å²) >= 11 is 0. The van der Waals surface area contributed by atoms with E-state index in [1.165, 1.54) is 12.1 Å². The molecule has 0 radical (unpaired) electrons. The Morgan fingerprint density at radius 2 is 2.28 bits per heavy atom. The highest BCUT2D eigenvalue weighted by atomic mass is 19.1. The van der Waals surface area contributed by atoms with Crippen LogP contribution >= 0.6 is 0 Å². The minimum atomic E-state index is -0.266. The minimum Gasteiger partial charge on any atom is -0.441 e. The summed E-state index contributed by atoms with van der Waals surface area (Å²) in [4.78, 5) is 4.20. The quantitative estimate of drug-likeness (QED) is 0.798. The summed E-state index contributed by atoms with van der Waals surface area (Å²) in [6, 6.07) is 6.34. The van der Waals surface area contributed by atoms with Crippen molar-refractivity contribution in [3.8, 4) is 11.3 Å². The van der Waals surface area contributed by atoms with E-state index in [-0.39, 0.29) is 5.82 Å². The molecule has 4 heteroatoms. The number of nitrogens with one attached hydrogen (secondary N) is 1. The van der Waals surface area contributed by atoms with Crippen LogP contribution < -0.4 is 5.32 Å². The standard InChI is InChI=1S/C14H17FN2O/c1-2-16-8-4-7-14-17-10-13(18-14)11-5-3-6-12(15)9-11/h3,5-6,9-10,16H,2,4,7-8H2,1H3. The van der Waals surface area contributed by atoms with E-state index in [9.17, 15) is 4.39 Å². The van der Waals surface area contributed by atoms with Crippen molar-refractivity contribution in [2.75, 3.05) is 13.1 Å². The molecule has 0 amide bonds. The van der Waals surface area contributed by atoms with Gasteiger partial charge in [0.25, 0.3) is 0 Å². The fourth-order valence-corrected chi connectivity index (χ4v) is 1.74. The summed E-state index contributed by atoms with van der Waals surface area (Å²) < 4.78 is 18.7. The molecule has 0 fully saturated rings. The summed E-state index contributed by atoms with van der Waals surface area (Å²) in [5, 5.41) is 3.25. The molecule has 0 aliphatic heterocycles. The van der Waals surface area contributed by atoms with Gasteiger partial charge in [0.1, 0.15) is 5.82 Å². The van der Waals surface area contributed by atoms with E-state index in [4.69, 9.17) is 4.42 Å². The van der Waals surface area contributed by atoms with Gasteiger partial charge in [-0.2, -0.15) is 0 Å². The van der Waals surface area contributed by atoms with E-state index in [2.05, 4.69) is 17.2 Å². The van der Waals surface area contributed by atoms with Crippen LogP contribution in [0.4, 0.5) is 4.39 Å². The molecular formula is C14H17FN2O. The Morgan fingerprint density at radius 1 is 1.39 bits per heavy atom. The van der Waals surface area contributed by atoms with Gasteiger partial charge in [0, 0.05) is 12.0 Å². The van der Waals surface area contributed by atoms with Crippen LogP contribution in [0.5, 0.6) is 0 Å². The smallest absolute Gasteiger partial charge is 0.194 e. The molecule has 3 nitrogen and oxygen atoms in total. The van der Waals surface area contributed by atoms with E-state index in [0.717, 1.165) is 31.5 Å². The predicted molar refractivity (Wildman–Crippen MR) is 68.8 cm³/mol. The molecule has 0 aliphatic rings. The van der Waals surface area contributed by atoms with Crippen LogP contribution in [0, 0.1) is 5.82 Å². The number of aryl methyl sites for hydroxylation is 1. The average molecular weight is 248 g/mol. The number of hydrogen-bond donors (Lipinski definition) is 1. The second kappa shape index (κ2) is 6.31. The third-order valence-corrected chi connectivity index (χ3v) is 2.66. The minimum absolute atomic E-state index is 0.266. The van der Waals surface area contributed by atoms with Crippen LogP contribution in [-0.4, -0.2) is 18.1 Å². The first-order valence-electron chi connectivity index (χ1n) is 6.21. The molecule has 2 aromatic rings. The van der Waals surface area contributed by atoms with Gasteiger partial charge in [0.2, 0.25) is 0 Å². The van der Waals surface area contributed by atoms with Gasteiger partial charge < -0.3 is 9.73 Å². The van der Waals surface area contributed by atoms with Crippen molar-refractivity contribution >= 4 is 0 Å². The number of nitrogens with zero attached hydrogens (tertiary/aromatic N) is 1. The number of oxazole rings is 1. The zero-order chi connectivity index (χ0) is 12.8. The summed E-state index contributed by atoms with van der Waals surface area (Å²) in [7, 11) is 0. The molecule has 0 bridgehead atoms. The number of benzene rings is 1. The van der Waals surface area contributed by atoms with Crippen molar-refractivity contribution in [2.45, 2.75) is 19.8 Å². The first-order valence-corrected chi connectivity index (χ1v) is 6.21. The SMILES string of the molecule is CCNCCCc1ncc(-c2cccc(F)c2)o1. The first-order chi connectivity index (χ1) is 8.79. The van der Waals surface area contributed by atoms with Gasteiger partial charge in [-0.25, -0.2) is 9.37 Å². The lowest BCUT2D eigenvalue weighted by molar-refractivity contribution is 0.492. The number of rotatable bonds is 6. The lowest BCUT2D eigenvalue weighted by Crippen LogP contribution is -2.14. The van der Waals surface area contributed by atoms with E-state index in [1.807, 2.05) is 6.07 Å². The molecule has 0 saturated heterocycles. The van der Waals surface area contributed by atoms with Crippen LogP contribution in [0.2, 0.25) is 0 Å². The van der Waals surface area contributed by atoms with E-state index >= 15 is 0 Å². The maximum atomic E-state index is 13.1. The molecule has 1 heterocycles. The lowest BCUT2D eigenvalue weighted by Gasteiger charge is -1.99. The van der Waals surface area contributed by atoms with Crippen molar-refractivity contribution in [2.24, 2.45) is 0 Å². The molecule has 0 saturated carbocycles. The van der Waals surface area contributed by atoms with Crippen LogP contribution in [0.25, 0.3) is 11.3 Å². The Morgan fingerprint density at radius 3 is 3.06 bits per heavy atom. The lowest BCUT2D eigenvalue weighted by atomic mass is 10.2. The summed E-state index contributed by atoms with van der Waals surface area (Å²) in [5.41, 5.74) is 0.723. The van der Waals surface area contributed by atoms with Crippen molar-refractivity contribution in [1.29, 1.82) is 0 Å². The number of hydrogen-bond acceptors (Lipinski definition) is 3. The number of halogens is 1. The van der Waals surface area contributed by atoms with Crippen molar-refractivity contribution in [3.05, 3.63) is 42.2 Å². The van der Waals surface area contributed by atoms with Crippen LogP contribution in [-0.2, 0) is 6.42 Å². The first kappa shape index (κ1) is 12.8. The van der Waals surface area contributed by atoms with Crippen LogP contribution in [0.1, 0.15) is 19.2 Å². The highest BCUT2D eigenvalue weighted by Gasteiger charge is 2.06. The summed E-state index contributed by atoms with van der Waals surface area (Å²) in [6.45, 7) is 4.00. The Hall–Kier alpha value is -1.68. The maximum absolute atomic E-state index is 13.1. The third-order valence-electron chi connectivity index (χ3n) is 2.66. The van der Waals surface area contributed by atoms with E-state index in [1.54, 1.807) is 12.3 Å². The van der Waals surface area contributed by atoms with Gasteiger partial charge in [-0.15, -0.1) is 0 Å². The molecule has 1 aromatic carbocycles. The Labute approximate surface area is 106 Å². The number of aromatic nitrogens is 1. The maximum Gasteiger partial charge on any atom is 0.194 e. The molecule has 2 rings (SSSR count). The Balaban J connectivity index is 1.97. The third kappa shape index (κ3) is 3.40. The molecule has 0 unspecified atom stereocenters. The summed E-state index contributed by atoms with van der Waals surface area (Å²) in [6.07, 6.45) is 3.43. The second-order valence-electron chi connectivity index (χ2n) is 4.09. The van der Waals surface area contributed by atoms with Gasteiger partial charge in [-0.3, -0.25) is 0 Å². The molecule has 0 aliphatic carbocycles. The fourth-order valence-electron chi connectivity index (χ4n) is 1.74. The average Bonchev–Trinajstić information content (AvgIpc) is 2.83. The topological polar surface area (TPSA) is 38.1 Å². The molecule has 0 spiro atoms. The summed E-state index contributed by atoms with van der Waals surface area (Å²) in [5.74, 6) is 1.05. The molecular weight excluding hydrogens is 231 g/mol. The van der Waals surface area contributed by atoms with Crippen molar-refractivity contribution in [3.63, 3.8) is 0 Å². The normalized spacial score (nSPS) is 10.8. The largest absolute Gasteiger partial charge is 0.441 e. The van der Waals surface area contributed by atoms with Crippen molar-refractivity contribution in [1.82, 2.24) is 10.3 Å². The Bertz CT molecular complexity index is 496. The molecule has 1 aromatic heterocycles. The molecule has 18 heavy (non-hydrogen) atoms. The zero-order valence-corrected chi connectivity index (χ0v) is 10.4. The monoisotopic (exact) mass is 248 g/mol. The molecule has 0 atom stereocenters. The molecule has 1 N–H and O–H groups in total. The van der Waals surface area contributed by atoms with Crippen LogP contribution in [0.3, 0.4) is 0 Å². The van der Waals surface area contributed by atoms with Gasteiger partial charge in [0.05, 0.1) is 6.20 Å². The van der Waals surface area contributed by atoms with E-state index in [0.29, 0.717) is 11.7 Å². The van der Waals surface area contributed by atoms with E-state index < -0.39 is 0 Å². The van der Waals surface area contributed by atoms with Gasteiger partial charge >= 0.3 is 0 Å². The Kier molecular flexibility index (Phi) is 4.47. The fraction of sp³-hybridized carbons (Fsp3) is 0.357. The highest BCUT2D eigenvalue weighted by molar-refractivity contribution is 5.56. The van der Waals surface area contributed by atoms with Gasteiger partial charge in [0.15, 0.2) is 11.7 Å².